The van der Waals surface area contributed by atoms with Crippen molar-refractivity contribution in [2.75, 3.05) is 0 Å². The summed E-state index contributed by atoms with van der Waals surface area (Å²) in [4.78, 5) is 8.94. The molecule has 0 aliphatic carbocycles. The molecule has 63 valence electrons. The summed E-state index contributed by atoms with van der Waals surface area (Å²) in [6, 6.07) is 0. The van der Waals surface area contributed by atoms with Crippen molar-refractivity contribution in [2.24, 2.45) is 0 Å². The van der Waals surface area contributed by atoms with Crippen molar-refractivity contribution in [3.05, 3.63) is 11.8 Å². The van der Waals surface area contributed by atoms with Crippen LogP contribution in [-0.2, 0) is 3.79 Å². The minimum atomic E-state index is -0.998. The minimum Gasteiger partial charge on any atom is -0.819 e. The highest BCUT2D eigenvalue weighted by atomic mass is 27.2. The highest BCUT2D eigenvalue weighted by Gasteiger charge is 1.97. The Morgan fingerprint density at radius 1 is 1.55 bits per heavy atom. The molecular weight excluding hydrogens is 155 g/mol. The van der Waals surface area contributed by atoms with Crippen molar-refractivity contribution < 1.29 is 8.58 Å². The van der Waals surface area contributed by atoms with Gasteiger partial charge in [-0.25, -0.2) is 0 Å². The van der Waals surface area contributed by atoms with E-state index in [1.54, 1.807) is 13.0 Å². The molecule has 0 heterocycles. The Hall–Kier alpha value is -0.258. The van der Waals surface area contributed by atoms with Gasteiger partial charge in [0, 0.05) is 5.76 Å². The molecular formula is C8H16AlO2. The molecule has 0 saturated carbocycles. The summed E-state index contributed by atoms with van der Waals surface area (Å²) in [6.45, 7) is 3.67. The first kappa shape index (κ1) is 10.7. The van der Waals surface area contributed by atoms with Crippen molar-refractivity contribution in [2.45, 2.75) is 31.8 Å². The molecule has 0 bridgehead atoms. The standard InChI is InChI=1S/C6H10O2.2CH3.Al/c1-3-6(8)4-5(2)7;;;/h4,8H,3H2,1-2H3;2*1H3;. The van der Waals surface area contributed by atoms with Gasteiger partial charge < -0.3 is 3.79 Å². The quantitative estimate of drug-likeness (QED) is 0.276. The van der Waals surface area contributed by atoms with Crippen LogP contribution in [0.5, 0.6) is 0 Å². The van der Waals surface area contributed by atoms with Gasteiger partial charge in [-0.05, 0) is 6.42 Å². The fraction of sp³-hybridized carbons (Fsp3) is 0.625. The van der Waals surface area contributed by atoms with Gasteiger partial charge in [0.1, 0.15) is 0 Å². The number of hydrogen-bond donors (Lipinski definition) is 0. The highest BCUT2D eigenvalue weighted by Crippen LogP contribution is 2.04. The van der Waals surface area contributed by atoms with Gasteiger partial charge in [-0.3, -0.25) is 4.79 Å². The van der Waals surface area contributed by atoms with Gasteiger partial charge in [-0.1, -0.05) is 6.92 Å². The summed E-state index contributed by atoms with van der Waals surface area (Å²) >= 11 is -0.998. The first-order valence-electron chi connectivity index (χ1n) is 3.96. The maximum absolute atomic E-state index is 8.94. The highest BCUT2D eigenvalue weighted by molar-refractivity contribution is 6.48. The summed E-state index contributed by atoms with van der Waals surface area (Å²) in [5.41, 5.74) is 0. The van der Waals surface area contributed by atoms with E-state index in [0.29, 0.717) is 5.78 Å². The van der Waals surface area contributed by atoms with Crippen molar-refractivity contribution in [3.63, 3.8) is 0 Å². The lowest BCUT2D eigenvalue weighted by Gasteiger charge is -2.22. The van der Waals surface area contributed by atoms with Gasteiger partial charge in [-0.15, -0.1) is 0 Å². The molecule has 0 aromatic heterocycles. The monoisotopic (exact) mass is 171 g/mol. The maximum Gasteiger partial charge on any atom is 0.316 e. The van der Waals surface area contributed by atoms with E-state index in [2.05, 4.69) is 11.6 Å². The minimum absolute atomic E-state index is 0.316. The first-order valence-corrected chi connectivity index (χ1v) is 6.74. The average Bonchev–Trinajstić information content (AvgIpc) is 1.84. The van der Waals surface area contributed by atoms with Crippen LogP contribution in [0.4, 0.5) is 0 Å². The Kier molecular flexibility index (Phi) is 5.27. The second-order valence-corrected chi connectivity index (χ2v) is 5.11. The summed E-state index contributed by atoms with van der Waals surface area (Å²) in [5.74, 6) is 5.43. The molecule has 0 aliphatic heterocycles. The lowest BCUT2D eigenvalue weighted by molar-refractivity contribution is 0.423. The molecule has 0 unspecified atom stereocenters. The van der Waals surface area contributed by atoms with Crippen molar-refractivity contribution in [1.29, 1.82) is 0 Å². The zero-order valence-electron chi connectivity index (χ0n) is 7.72. The molecule has 0 aromatic carbocycles. The van der Waals surface area contributed by atoms with Crippen LogP contribution >= 0.6 is 0 Å². The van der Waals surface area contributed by atoms with Gasteiger partial charge in [0.25, 0.3) is 0 Å². The van der Waals surface area contributed by atoms with E-state index >= 15 is 0 Å². The number of hydrogen-bond acceptors (Lipinski definition) is 1. The van der Waals surface area contributed by atoms with Crippen LogP contribution in [0.2, 0.25) is 11.6 Å². The Morgan fingerprint density at radius 3 is 2.36 bits per heavy atom. The molecule has 0 aromatic rings. The molecule has 1 N–H and O–H groups in total. The summed E-state index contributed by atoms with van der Waals surface area (Å²) in [7, 11) is 0. The summed E-state index contributed by atoms with van der Waals surface area (Å²) in [5, 5.41) is 0. The van der Waals surface area contributed by atoms with Crippen LogP contribution in [0.3, 0.4) is 0 Å². The number of ketones is 1. The molecule has 2 nitrogen and oxygen atoms in total. The van der Waals surface area contributed by atoms with Crippen LogP contribution in [0, 0.1) is 0 Å². The summed E-state index contributed by atoms with van der Waals surface area (Å²) in [6.07, 6.45) is 2.54. The molecule has 0 aliphatic rings. The van der Waals surface area contributed by atoms with Gasteiger partial charge in [0.2, 0.25) is 14.5 Å². The molecule has 3 heteroatoms. The van der Waals surface area contributed by atoms with E-state index in [-0.39, 0.29) is 0 Å². The topological polar surface area (TPSA) is 30.6 Å². The first-order chi connectivity index (χ1) is 5.06. The van der Waals surface area contributed by atoms with E-state index in [1.165, 1.54) is 0 Å². The van der Waals surface area contributed by atoms with E-state index in [4.69, 9.17) is 8.58 Å². The molecule has 0 saturated heterocycles. The van der Waals surface area contributed by atoms with E-state index < -0.39 is 14.5 Å². The van der Waals surface area contributed by atoms with Crippen LogP contribution in [-0.4, -0.2) is 25.1 Å². The number of carbonyl (C=O) groups excluding carboxylic acids is 1. The number of allylic oxidation sites excluding steroid dienone is 2. The number of rotatable bonds is 4. The van der Waals surface area contributed by atoms with Gasteiger partial charge in [-0.2, -0.15) is 11.6 Å². The molecule has 11 heavy (non-hydrogen) atoms. The summed E-state index contributed by atoms with van der Waals surface area (Å²) < 4.78 is 5.53. The molecule has 0 atom stereocenters. The predicted octanol–water partition coefficient (Wildman–Crippen LogP) is 2.11. The molecule has 1 radical (unpaired) electrons. The Bertz CT molecular complexity index is 161. The lowest BCUT2D eigenvalue weighted by Crippen LogP contribution is -2.07. The average molecular weight is 171 g/mol. The molecule has 0 spiro atoms. The third-order valence-electron chi connectivity index (χ3n) is 1.11. The smallest absolute Gasteiger partial charge is 0.316 e. The normalized spacial score (nSPS) is 11.9. The Morgan fingerprint density at radius 2 is 2.09 bits per heavy atom. The van der Waals surface area contributed by atoms with E-state index in [1.807, 2.05) is 6.92 Å². The van der Waals surface area contributed by atoms with Crippen molar-refractivity contribution in [3.8, 4) is 0 Å². The fourth-order valence-electron chi connectivity index (χ4n) is 0.755. The Balaban J connectivity index is 4.05. The van der Waals surface area contributed by atoms with Crippen LogP contribution in [0.15, 0.2) is 11.8 Å². The SMILES string of the molecule is CCC(=CC(C)=[OH+])[O][Al-]([CH3])[CH3]. The molecule has 0 amide bonds. The van der Waals surface area contributed by atoms with Crippen LogP contribution < -0.4 is 0 Å². The van der Waals surface area contributed by atoms with Gasteiger partial charge in [0.15, 0.2) is 0 Å². The zero-order chi connectivity index (χ0) is 8.85. The maximum atomic E-state index is 8.94. The second-order valence-electron chi connectivity index (χ2n) is 2.77. The largest absolute Gasteiger partial charge is 0.819 e. The van der Waals surface area contributed by atoms with E-state index in [0.717, 1.165) is 12.2 Å². The third kappa shape index (κ3) is 6.15. The molecule has 0 fully saturated rings. The molecule has 0 rings (SSSR count). The Labute approximate surface area is 73.0 Å². The second kappa shape index (κ2) is 5.40. The van der Waals surface area contributed by atoms with Crippen molar-refractivity contribution in [1.82, 2.24) is 0 Å². The van der Waals surface area contributed by atoms with Gasteiger partial charge >= 0.3 is 5.78 Å². The fourth-order valence-corrected chi connectivity index (χ4v) is 1.60. The predicted molar refractivity (Wildman–Crippen MR) is 49.6 cm³/mol. The van der Waals surface area contributed by atoms with Crippen LogP contribution in [0.1, 0.15) is 20.3 Å². The van der Waals surface area contributed by atoms with Gasteiger partial charge in [0.05, 0.1) is 13.0 Å². The zero-order valence-corrected chi connectivity index (χ0v) is 8.87. The van der Waals surface area contributed by atoms with E-state index in [9.17, 15) is 0 Å². The third-order valence-corrected chi connectivity index (χ3v) is 1.88. The van der Waals surface area contributed by atoms with Crippen LogP contribution in [0.25, 0.3) is 0 Å². The van der Waals surface area contributed by atoms with Crippen molar-refractivity contribution >= 4 is 20.3 Å². The lowest BCUT2D eigenvalue weighted by atomic mass is 10.3.